The minimum atomic E-state index is 0.491. The lowest BCUT2D eigenvalue weighted by molar-refractivity contribution is 0.623. The van der Waals surface area contributed by atoms with Crippen LogP contribution in [0.3, 0.4) is 0 Å². The fourth-order valence-electron chi connectivity index (χ4n) is 11.1. The molecule has 0 radical (unpaired) electrons. The summed E-state index contributed by atoms with van der Waals surface area (Å²) in [7, 11) is 0. The molecule has 15 aromatic rings. The summed E-state index contributed by atoms with van der Waals surface area (Å²) in [6, 6.07) is 86.8. The topological polar surface area (TPSA) is 77.6 Å². The van der Waals surface area contributed by atoms with Gasteiger partial charge in [0.25, 0.3) is 0 Å². The van der Waals surface area contributed by atoms with Gasteiger partial charge in [-0.15, -0.1) is 0 Å². The third-order valence-electron chi connectivity index (χ3n) is 14.7. The molecule has 6 heteroatoms. The Morgan fingerprint density at radius 2 is 0.587 bits per heavy atom. The molecule has 348 valence electrons. The van der Waals surface area contributed by atoms with Crippen LogP contribution in [-0.4, -0.2) is 24.9 Å². The van der Waals surface area contributed by atoms with Crippen molar-refractivity contribution >= 4 is 75.7 Å². The first-order valence-corrected chi connectivity index (χ1v) is 25.2. The van der Waals surface area contributed by atoms with Crippen molar-refractivity contribution < 1.29 is 4.42 Å². The molecule has 0 N–H and O–H groups in total. The molecule has 0 aliphatic carbocycles. The highest BCUT2D eigenvalue weighted by Gasteiger charge is 2.22. The Labute approximate surface area is 430 Å². The van der Waals surface area contributed by atoms with Crippen LogP contribution in [0.15, 0.2) is 253 Å². The number of rotatable bonds is 7. The first kappa shape index (κ1) is 42.5. The normalized spacial score (nSPS) is 11.7. The van der Waals surface area contributed by atoms with Crippen LogP contribution in [0.25, 0.3) is 155 Å². The molecular formula is C69H41N5O. The third-order valence-corrected chi connectivity index (χ3v) is 14.7. The summed E-state index contributed by atoms with van der Waals surface area (Å²) in [6.07, 6.45) is 0. The monoisotopic (exact) mass is 955 g/mol. The van der Waals surface area contributed by atoms with Crippen LogP contribution < -0.4 is 0 Å². The molecular weight excluding hydrogens is 915 g/mol. The zero-order valence-corrected chi connectivity index (χ0v) is 40.3. The largest absolute Gasteiger partial charge is 0.435 e. The number of aromatic nitrogens is 5. The lowest BCUT2D eigenvalue weighted by atomic mass is 9.95. The molecule has 0 atom stereocenters. The van der Waals surface area contributed by atoms with Crippen LogP contribution in [0.1, 0.15) is 0 Å². The fourth-order valence-corrected chi connectivity index (χ4v) is 11.1. The summed E-state index contributed by atoms with van der Waals surface area (Å²) in [5.74, 6) is 1.74. The summed E-state index contributed by atoms with van der Waals surface area (Å²) in [5, 5.41) is 13.3. The maximum Gasteiger partial charge on any atom is 0.227 e. The maximum atomic E-state index is 7.03. The minimum Gasteiger partial charge on any atom is -0.435 e. The van der Waals surface area contributed by atoms with E-state index in [2.05, 4.69) is 237 Å². The highest BCUT2D eigenvalue weighted by atomic mass is 16.3. The quantitative estimate of drug-likeness (QED) is 0.148. The molecule has 0 fully saturated rings. The average Bonchev–Trinajstić information content (AvgIpc) is 3.98. The van der Waals surface area contributed by atoms with E-state index in [0.29, 0.717) is 17.5 Å². The molecule has 0 unspecified atom stereocenters. The molecule has 0 aliphatic heterocycles. The van der Waals surface area contributed by atoms with Crippen LogP contribution in [-0.2, 0) is 0 Å². The second-order valence-corrected chi connectivity index (χ2v) is 19.1. The SMILES string of the molecule is c1ccc(-c2cc(-c3cc(-c4cc(-c5ccccc5)nc(-c5cc6ccccc6c6ccccc56)n4)cc(-c4nc5c6ccccc6c6ccccc6c5o4)c3)nc(-c3cc4ccccc4c4ccccc34)n2)cc1. The van der Waals surface area contributed by atoms with Gasteiger partial charge in [-0.1, -0.05) is 206 Å². The number of nitrogens with zero attached hydrogens (tertiary/aromatic N) is 5. The van der Waals surface area contributed by atoms with E-state index in [1.807, 2.05) is 12.1 Å². The van der Waals surface area contributed by atoms with Gasteiger partial charge in [0, 0.05) is 49.7 Å². The van der Waals surface area contributed by atoms with Gasteiger partial charge in [-0.05, 0) is 96.3 Å². The summed E-state index contributed by atoms with van der Waals surface area (Å²) in [4.78, 5) is 27.2. The van der Waals surface area contributed by atoms with E-state index in [9.17, 15) is 0 Å². The van der Waals surface area contributed by atoms with Crippen molar-refractivity contribution in [1.29, 1.82) is 0 Å². The van der Waals surface area contributed by atoms with E-state index in [1.54, 1.807) is 0 Å². The Kier molecular flexibility index (Phi) is 9.78. The van der Waals surface area contributed by atoms with Gasteiger partial charge in [0.15, 0.2) is 17.2 Å². The number of benzene rings is 12. The first-order chi connectivity index (χ1) is 37.1. The third kappa shape index (κ3) is 7.22. The maximum absolute atomic E-state index is 7.03. The zero-order valence-electron chi connectivity index (χ0n) is 40.3. The molecule has 15 rings (SSSR count). The van der Waals surface area contributed by atoms with Crippen molar-refractivity contribution in [3.8, 4) is 79.3 Å². The molecule has 3 aromatic heterocycles. The highest BCUT2D eigenvalue weighted by molar-refractivity contribution is 6.23. The first-order valence-electron chi connectivity index (χ1n) is 25.2. The number of fused-ring (bicyclic) bond motifs is 12. The van der Waals surface area contributed by atoms with E-state index >= 15 is 0 Å². The fraction of sp³-hybridized carbons (Fsp3) is 0. The van der Waals surface area contributed by atoms with Crippen LogP contribution in [0, 0.1) is 0 Å². The average molecular weight is 956 g/mol. The van der Waals surface area contributed by atoms with Gasteiger partial charge in [-0.3, -0.25) is 0 Å². The van der Waals surface area contributed by atoms with E-state index in [4.69, 9.17) is 29.3 Å². The summed E-state index contributed by atoms with van der Waals surface area (Å²) < 4.78 is 7.03. The van der Waals surface area contributed by atoms with Crippen LogP contribution in [0.4, 0.5) is 0 Å². The summed E-state index contributed by atoms with van der Waals surface area (Å²) in [6.45, 7) is 0. The standard InChI is InChI=1S/C69H41N5O/c1-3-19-42(20-4-1)61-40-63(72-67(70-61)59-38-44-23-7-9-25-49(44)51-27-11-13-31-55(51)59)46-35-47(37-48(36-46)69-74-65-57-33-17-15-29-53(57)54-30-16-18-34-58(54)66(65)75-69)64-41-62(43-21-5-2-6-22-43)71-68(73-64)60-39-45-24-8-10-26-50(45)52-28-12-14-32-56(52)60/h1-41H. The van der Waals surface area contributed by atoms with Crippen LogP contribution in [0.5, 0.6) is 0 Å². The van der Waals surface area contributed by atoms with Crippen LogP contribution >= 0.6 is 0 Å². The van der Waals surface area contributed by atoms with Gasteiger partial charge in [0.2, 0.25) is 5.89 Å². The van der Waals surface area contributed by atoms with Gasteiger partial charge in [-0.2, -0.15) is 0 Å². The van der Waals surface area contributed by atoms with Gasteiger partial charge in [-0.25, -0.2) is 24.9 Å². The Bertz CT molecular complexity index is 4480. The molecule has 0 spiro atoms. The van der Waals surface area contributed by atoms with Crippen molar-refractivity contribution in [2.24, 2.45) is 0 Å². The molecule has 12 aromatic carbocycles. The van der Waals surface area contributed by atoms with Crippen LogP contribution in [0.2, 0.25) is 0 Å². The lowest BCUT2D eigenvalue weighted by Crippen LogP contribution is -1.99. The molecule has 3 heterocycles. The minimum absolute atomic E-state index is 0.491. The molecule has 0 saturated heterocycles. The molecule has 0 amide bonds. The van der Waals surface area contributed by atoms with E-state index in [1.165, 1.54) is 10.8 Å². The number of hydrogen-bond donors (Lipinski definition) is 0. The molecule has 0 bridgehead atoms. The zero-order chi connectivity index (χ0) is 49.4. The van der Waals surface area contributed by atoms with E-state index in [-0.39, 0.29) is 0 Å². The van der Waals surface area contributed by atoms with E-state index < -0.39 is 0 Å². The summed E-state index contributed by atoms with van der Waals surface area (Å²) >= 11 is 0. The van der Waals surface area contributed by atoms with Crippen molar-refractivity contribution in [3.63, 3.8) is 0 Å². The smallest absolute Gasteiger partial charge is 0.227 e. The predicted molar refractivity (Wildman–Crippen MR) is 308 cm³/mol. The van der Waals surface area contributed by atoms with Crippen molar-refractivity contribution in [2.45, 2.75) is 0 Å². The Hall–Kier alpha value is -10.2. The predicted octanol–water partition coefficient (Wildman–Crippen LogP) is 18.0. The van der Waals surface area contributed by atoms with Crippen molar-refractivity contribution in [1.82, 2.24) is 24.9 Å². The summed E-state index contributed by atoms with van der Waals surface area (Å²) in [5.41, 5.74) is 11.0. The second-order valence-electron chi connectivity index (χ2n) is 19.1. The molecule has 6 nitrogen and oxygen atoms in total. The second kappa shape index (κ2) is 17.3. The number of oxazole rings is 1. The van der Waals surface area contributed by atoms with Gasteiger partial charge in [0.1, 0.15) is 5.52 Å². The van der Waals surface area contributed by atoms with Crippen molar-refractivity contribution in [3.05, 3.63) is 249 Å². The number of hydrogen-bond acceptors (Lipinski definition) is 6. The lowest BCUT2D eigenvalue weighted by Gasteiger charge is -2.15. The van der Waals surface area contributed by atoms with Crippen molar-refractivity contribution in [2.75, 3.05) is 0 Å². The van der Waals surface area contributed by atoms with Gasteiger partial charge in [0.05, 0.1) is 22.8 Å². The Morgan fingerprint density at radius 1 is 0.240 bits per heavy atom. The molecule has 75 heavy (non-hydrogen) atoms. The molecule has 0 saturated carbocycles. The molecule has 0 aliphatic rings. The van der Waals surface area contributed by atoms with Gasteiger partial charge < -0.3 is 4.42 Å². The Morgan fingerprint density at radius 3 is 1.07 bits per heavy atom. The van der Waals surface area contributed by atoms with E-state index in [0.717, 1.165) is 127 Å². The van der Waals surface area contributed by atoms with Gasteiger partial charge >= 0.3 is 0 Å². The highest BCUT2D eigenvalue weighted by Crippen LogP contribution is 2.42. The Balaban J connectivity index is 1.02.